The van der Waals surface area contributed by atoms with Crippen LogP contribution in [-0.2, 0) is 0 Å². The average molecular weight is 249 g/mol. The average Bonchev–Trinajstić information content (AvgIpc) is 2.41. The van der Waals surface area contributed by atoms with Crippen LogP contribution in [0.2, 0.25) is 0 Å². The van der Waals surface area contributed by atoms with Crippen molar-refractivity contribution in [3.8, 4) is 0 Å². The summed E-state index contributed by atoms with van der Waals surface area (Å²) in [5.74, 6) is -0.442. The van der Waals surface area contributed by atoms with Crippen molar-refractivity contribution in [3.05, 3.63) is 35.1 Å². The summed E-state index contributed by atoms with van der Waals surface area (Å²) in [6.45, 7) is 5.51. The monoisotopic (exact) mass is 249 g/mol. The predicted octanol–water partition coefficient (Wildman–Crippen LogP) is 3.10. The van der Waals surface area contributed by atoms with E-state index in [0.29, 0.717) is 6.54 Å². The molecule has 2 rings (SSSR count). The van der Waals surface area contributed by atoms with Crippen molar-refractivity contribution >= 4 is 5.78 Å². The summed E-state index contributed by atoms with van der Waals surface area (Å²) in [6.07, 6.45) is 2.59. The molecule has 0 radical (unpaired) electrons. The minimum Gasteiger partial charge on any atom is -0.316 e. The zero-order chi connectivity index (χ0) is 13.2. The number of Topliss-reactive ketones (excluding diaryl/α,β-unsaturated/α-hetero) is 1. The van der Waals surface area contributed by atoms with Gasteiger partial charge in [-0.2, -0.15) is 0 Å². The highest BCUT2D eigenvalue weighted by atomic mass is 19.1. The zero-order valence-electron chi connectivity index (χ0n) is 11.1. The number of benzene rings is 1. The van der Waals surface area contributed by atoms with Gasteiger partial charge in [-0.15, -0.1) is 0 Å². The second-order valence-electron chi connectivity index (χ2n) is 5.23. The molecule has 1 aliphatic rings. The molecule has 0 amide bonds. The van der Waals surface area contributed by atoms with Crippen LogP contribution in [0, 0.1) is 18.2 Å². The van der Waals surface area contributed by atoms with E-state index in [-0.39, 0.29) is 11.3 Å². The molecular formula is C15H20FNO. The maximum Gasteiger partial charge on any atom is 0.173 e. The maximum absolute atomic E-state index is 13.8. The molecule has 1 fully saturated rings. The highest BCUT2D eigenvalue weighted by molar-refractivity contribution is 6.01. The van der Waals surface area contributed by atoms with Crippen LogP contribution in [0.4, 0.5) is 4.39 Å². The van der Waals surface area contributed by atoms with E-state index in [4.69, 9.17) is 0 Å². The Morgan fingerprint density at radius 2 is 2.28 bits per heavy atom. The summed E-state index contributed by atoms with van der Waals surface area (Å²) in [7, 11) is 0. The number of hydrogen-bond donors (Lipinski definition) is 1. The molecule has 3 heteroatoms. The minimum absolute atomic E-state index is 0.0431. The maximum atomic E-state index is 13.8. The number of piperidine rings is 1. The van der Waals surface area contributed by atoms with Crippen molar-refractivity contribution in [2.75, 3.05) is 13.1 Å². The summed E-state index contributed by atoms with van der Waals surface area (Å²) < 4.78 is 13.8. The molecule has 0 bridgehead atoms. The normalized spacial score (nSPS) is 23.9. The summed E-state index contributed by atoms with van der Waals surface area (Å²) in [5, 5.41) is 3.27. The highest BCUT2D eigenvalue weighted by Gasteiger charge is 2.39. The van der Waals surface area contributed by atoms with Crippen LogP contribution < -0.4 is 5.32 Å². The van der Waals surface area contributed by atoms with E-state index in [1.54, 1.807) is 12.1 Å². The largest absolute Gasteiger partial charge is 0.316 e. The third kappa shape index (κ3) is 2.32. The Labute approximate surface area is 108 Å². The number of aryl methyl sites for hydroxylation is 1. The summed E-state index contributed by atoms with van der Waals surface area (Å²) in [4.78, 5) is 12.6. The van der Waals surface area contributed by atoms with Crippen molar-refractivity contribution < 1.29 is 9.18 Å². The molecule has 1 N–H and O–H groups in total. The Hall–Kier alpha value is -1.22. The van der Waals surface area contributed by atoms with Gasteiger partial charge in [0.1, 0.15) is 5.82 Å². The fourth-order valence-electron chi connectivity index (χ4n) is 2.72. The van der Waals surface area contributed by atoms with Gasteiger partial charge in [-0.25, -0.2) is 4.39 Å². The van der Waals surface area contributed by atoms with E-state index in [1.807, 2.05) is 13.8 Å². The molecular weight excluding hydrogens is 229 g/mol. The van der Waals surface area contributed by atoms with E-state index in [2.05, 4.69) is 5.32 Å². The second-order valence-corrected chi connectivity index (χ2v) is 5.23. The summed E-state index contributed by atoms with van der Waals surface area (Å²) in [6, 6.07) is 4.76. The molecule has 1 aliphatic heterocycles. The van der Waals surface area contributed by atoms with Crippen LogP contribution in [0.1, 0.15) is 42.1 Å². The van der Waals surface area contributed by atoms with Gasteiger partial charge in [-0.3, -0.25) is 4.79 Å². The molecule has 18 heavy (non-hydrogen) atoms. The van der Waals surface area contributed by atoms with Gasteiger partial charge in [-0.05, 0) is 44.9 Å². The predicted molar refractivity (Wildman–Crippen MR) is 70.3 cm³/mol. The third-order valence-electron chi connectivity index (χ3n) is 4.00. The van der Waals surface area contributed by atoms with Crippen LogP contribution in [0.3, 0.4) is 0 Å². The fourth-order valence-corrected chi connectivity index (χ4v) is 2.72. The topological polar surface area (TPSA) is 29.1 Å². The Morgan fingerprint density at radius 1 is 1.50 bits per heavy atom. The van der Waals surface area contributed by atoms with E-state index >= 15 is 0 Å². The highest BCUT2D eigenvalue weighted by Crippen LogP contribution is 2.34. The lowest BCUT2D eigenvalue weighted by atomic mass is 9.72. The smallest absolute Gasteiger partial charge is 0.173 e. The van der Waals surface area contributed by atoms with Crippen LogP contribution in [0.5, 0.6) is 0 Å². The van der Waals surface area contributed by atoms with Crippen LogP contribution in [0.15, 0.2) is 18.2 Å². The number of halogens is 1. The third-order valence-corrected chi connectivity index (χ3v) is 4.00. The van der Waals surface area contributed by atoms with Gasteiger partial charge in [0.05, 0.1) is 5.56 Å². The quantitative estimate of drug-likeness (QED) is 0.834. The van der Waals surface area contributed by atoms with E-state index < -0.39 is 11.2 Å². The van der Waals surface area contributed by atoms with Gasteiger partial charge >= 0.3 is 0 Å². The van der Waals surface area contributed by atoms with Crippen molar-refractivity contribution in [3.63, 3.8) is 0 Å². The number of ketones is 1. The summed E-state index contributed by atoms with van der Waals surface area (Å²) in [5.41, 5.74) is 0.752. The van der Waals surface area contributed by atoms with Crippen LogP contribution >= 0.6 is 0 Å². The second kappa shape index (κ2) is 5.19. The Balaban J connectivity index is 2.36. The molecule has 98 valence electrons. The molecule has 1 atom stereocenters. The summed E-state index contributed by atoms with van der Waals surface area (Å²) >= 11 is 0. The van der Waals surface area contributed by atoms with Gasteiger partial charge < -0.3 is 5.32 Å². The van der Waals surface area contributed by atoms with Gasteiger partial charge in [-0.1, -0.05) is 18.6 Å². The van der Waals surface area contributed by atoms with Gasteiger partial charge in [0.25, 0.3) is 0 Å². The lowest BCUT2D eigenvalue weighted by molar-refractivity contribution is 0.0726. The standard InChI is InChI=1S/C15H20FNO/c1-3-15(7-4-8-17-10-15)14(18)12-9-11(2)5-6-13(12)16/h5-6,9,17H,3-4,7-8,10H2,1-2H3. The van der Waals surface area contributed by atoms with Crippen molar-refractivity contribution in [2.24, 2.45) is 5.41 Å². The van der Waals surface area contributed by atoms with Crippen LogP contribution in [-0.4, -0.2) is 18.9 Å². The van der Waals surface area contributed by atoms with Gasteiger partial charge in [0.15, 0.2) is 5.78 Å². The lowest BCUT2D eigenvalue weighted by Gasteiger charge is -2.35. The van der Waals surface area contributed by atoms with E-state index in [0.717, 1.165) is 31.4 Å². The molecule has 0 aliphatic carbocycles. The molecule has 0 saturated carbocycles. The number of hydrogen-bond acceptors (Lipinski definition) is 2. The number of carbonyl (C=O) groups is 1. The first-order valence-corrected chi connectivity index (χ1v) is 6.61. The molecule has 1 heterocycles. The van der Waals surface area contributed by atoms with Crippen molar-refractivity contribution in [1.29, 1.82) is 0 Å². The van der Waals surface area contributed by atoms with Crippen molar-refractivity contribution in [1.82, 2.24) is 5.32 Å². The molecule has 0 spiro atoms. The Morgan fingerprint density at radius 3 is 2.89 bits per heavy atom. The van der Waals surface area contributed by atoms with Crippen LogP contribution in [0.25, 0.3) is 0 Å². The van der Waals surface area contributed by atoms with Gasteiger partial charge in [0.2, 0.25) is 0 Å². The minimum atomic E-state index is -0.424. The number of rotatable bonds is 3. The first kappa shape index (κ1) is 13.2. The van der Waals surface area contributed by atoms with E-state index in [1.165, 1.54) is 6.07 Å². The molecule has 1 aromatic carbocycles. The molecule has 0 aromatic heterocycles. The first-order valence-electron chi connectivity index (χ1n) is 6.61. The van der Waals surface area contributed by atoms with Gasteiger partial charge in [0, 0.05) is 12.0 Å². The Bertz CT molecular complexity index is 450. The number of nitrogens with one attached hydrogen (secondary N) is 1. The molecule has 1 saturated heterocycles. The SMILES string of the molecule is CCC1(C(=O)c2cc(C)ccc2F)CCCNC1. The molecule has 2 nitrogen and oxygen atoms in total. The zero-order valence-corrected chi connectivity index (χ0v) is 11.1. The lowest BCUT2D eigenvalue weighted by Crippen LogP contribution is -2.45. The fraction of sp³-hybridized carbons (Fsp3) is 0.533. The number of carbonyl (C=O) groups excluding carboxylic acids is 1. The molecule has 1 aromatic rings. The first-order chi connectivity index (χ1) is 8.59. The van der Waals surface area contributed by atoms with E-state index in [9.17, 15) is 9.18 Å². The van der Waals surface area contributed by atoms with Crippen molar-refractivity contribution in [2.45, 2.75) is 33.1 Å². The Kier molecular flexibility index (Phi) is 3.81. The molecule has 1 unspecified atom stereocenters.